The van der Waals surface area contributed by atoms with E-state index in [1.807, 2.05) is 0 Å². The number of hydrazine groups is 1. The summed E-state index contributed by atoms with van der Waals surface area (Å²) in [6.45, 7) is 0.138. The molecule has 0 aromatic carbocycles. The molecule has 0 aliphatic carbocycles. The zero-order valence-corrected chi connectivity index (χ0v) is 9.85. The Morgan fingerprint density at radius 2 is 2.17 bits per heavy atom. The molecule has 18 heavy (non-hydrogen) atoms. The monoisotopic (exact) mass is 257 g/mol. The molecule has 1 amide bonds. The lowest BCUT2D eigenvalue weighted by Gasteiger charge is -1.98. The molecule has 0 spiro atoms. The highest BCUT2D eigenvalue weighted by Gasteiger charge is 2.15. The maximum Gasteiger partial charge on any atom is 0.322 e. The second-order valence-electron chi connectivity index (χ2n) is 3.62. The number of nitrogens with zero attached hydrogens (tertiary/aromatic N) is 2. The molecule has 0 atom stereocenters. The van der Waals surface area contributed by atoms with Crippen LogP contribution in [-0.2, 0) is 4.79 Å². The summed E-state index contributed by atoms with van der Waals surface area (Å²) in [6, 6.07) is 0. The second-order valence-corrected chi connectivity index (χ2v) is 3.62. The molecule has 1 heterocycles. The van der Waals surface area contributed by atoms with Crippen molar-refractivity contribution in [2.24, 2.45) is 5.73 Å². The summed E-state index contributed by atoms with van der Waals surface area (Å²) in [5.41, 5.74) is 13.5. The zero-order valence-electron chi connectivity index (χ0n) is 9.85. The van der Waals surface area contributed by atoms with Gasteiger partial charge in [0.15, 0.2) is 0 Å². The molecule has 9 heteroatoms. The van der Waals surface area contributed by atoms with Gasteiger partial charge in [0.25, 0.3) is 5.91 Å². The number of nitrogens with two attached hydrogens (primary N) is 2. The highest BCUT2D eigenvalue weighted by Crippen LogP contribution is 2.00. The van der Waals surface area contributed by atoms with E-state index in [0.717, 1.165) is 6.42 Å². The van der Waals surface area contributed by atoms with Crippen molar-refractivity contribution in [3.05, 3.63) is 5.69 Å². The van der Waals surface area contributed by atoms with Crippen LogP contribution in [0.3, 0.4) is 0 Å². The molecule has 0 saturated carbocycles. The average molecular weight is 257 g/mol. The van der Waals surface area contributed by atoms with Crippen molar-refractivity contribution >= 4 is 17.6 Å². The van der Waals surface area contributed by atoms with E-state index in [-0.39, 0.29) is 29.9 Å². The van der Waals surface area contributed by atoms with Crippen molar-refractivity contribution in [2.45, 2.75) is 25.7 Å². The number of carbonyl (C=O) groups is 1. The Hall–Kier alpha value is -2.16. The van der Waals surface area contributed by atoms with Crippen LogP contribution in [0.1, 0.15) is 31.4 Å². The number of amides is 1. The second kappa shape index (κ2) is 7.22. The summed E-state index contributed by atoms with van der Waals surface area (Å²) in [5.74, 6) is -0.124. The van der Waals surface area contributed by atoms with Gasteiger partial charge in [-0.1, -0.05) is 6.42 Å². The topological polar surface area (TPSA) is 154 Å². The molecule has 0 unspecified atom stereocenters. The normalized spacial score (nSPS) is 11.5. The third-order valence-corrected chi connectivity index (χ3v) is 2.17. The molecule has 100 valence electrons. The lowest BCUT2D eigenvalue weighted by atomic mass is 10.2. The molecule has 0 radical (unpaired) electrons. The predicted octanol–water partition coefficient (Wildman–Crippen LogP) is -2.98. The summed E-state index contributed by atoms with van der Waals surface area (Å²) < 4.78 is 4.36. The Morgan fingerprint density at radius 3 is 2.78 bits per heavy atom. The summed E-state index contributed by atoms with van der Waals surface area (Å²) >= 11 is 0. The van der Waals surface area contributed by atoms with Crippen LogP contribution in [0, 0.1) is 0 Å². The molecule has 1 aromatic heterocycles. The molecule has 0 aliphatic heterocycles. The largest absolute Gasteiger partial charge is 0.396 e. The number of aliphatic hydroxyl groups excluding tert-OH is 1. The maximum absolute atomic E-state index is 11.4. The third kappa shape index (κ3) is 4.37. The van der Waals surface area contributed by atoms with Crippen LogP contribution in [-0.4, -0.2) is 33.8 Å². The van der Waals surface area contributed by atoms with Gasteiger partial charge in [0.1, 0.15) is 0 Å². The molecular weight excluding hydrogens is 240 g/mol. The van der Waals surface area contributed by atoms with Crippen LogP contribution in [0.25, 0.3) is 0 Å². The van der Waals surface area contributed by atoms with Gasteiger partial charge < -0.3 is 10.8 Å². The molecule has 1 aromatic rings. The number of hydrogen-bond donors (Lipinski definition) is 5. The first kappa shape index (κ1) is 13.9. The first-order valence-corrected chi connectivity index (χ1v) is 5.51. The highest BCUT2D eigenvalue weighted by molar-refractivity contribution is 5.94. The molecule has 1 rings (SSSR count). The van der Waals surface area contributed by atoms with Crippen LogP contribution in [0.4, 0.5) is 5.82 Å². The van der Waals surface area contributed by atoms with Crippen LogP contribution in [0.2, 0.25) is 0 Å². The number of amidine groups is 1. The van der Waals surface area contributed by atoms with E-state index in [4.69, 9.17) is 16.6 Å². The van der Waals surface area contributed by atoms with E-state index in [0.29, 0.717) is 19.3 Å². The van der Waals surface area contributed by atoms with E-state index in [2.05, 4.69) is 25.5 Å². The smallest absolute Gasteiger partial charge is 0.322 e. The Labute approximate surface area is 103 Å². The summed E-state index contributed by atoms with van der Waals surface area (Å²) in [6.07, 6.45) is 2.52. The van der Waals surface area contributed by atoms with Crippen molar-refractivity contribution in [3.8, 4) is 0 Å². The van der Waals surface area contributed by atoms with Gasteiger partial charge in [-0.15, -0.1) is 0 Å². The van der Waals surface area contributed by atoms with E-state index in [9.17, 15) is 4.79 Å². The quantitative estimate of drug-likeness (QED) is 0.151. The van der Waals surface area contributed by atoms with Gasteiger partial charge in [0.2, 0.25) is 11.5 Å². The van der Waals surface area contributed by atoms with E-state index in [1.165, 1.54) is 0 Å². The first-order chi connectivity index (χ1) is 8.65. The van der Waals surface area contributed by atoms with Gasteiger partial charge in [-0.05, 0) is 23.2 Å². The molecule has 0 aliphatic rings. The van der Waals surface area contributed by atoms with Crippen LogP contribution in [0.15, 0.2) is 4.63 Å². The molecule has 0 fully saturated rings. The third-order valence-electron chi connectivity index (χ3n) is 2.17. The van der Waals surface area contributed by atoms with Crippen LogP contribution in [0.5, 0.6) is 0 Å². The average Bonchev–Trinajstić information content (AvgIpc) is 2.78. The molecule has 0 bridgehead atoms. The molecular formula is C9H17N6O3+. The van der Waals surface area contributed by atoms with E-state index < -0.39 is 0 Å². The number of carbonyl (C=O) groups excluding carboxylic acids is 1. The number of rotatable bonds is 7. The number of nitrogen functional groups attached to an aromatic ring is 2. The number of hydrazone groups is 1. The van der Waals surface area contributed by atoms with Gasteiger partial charge >= 0.3 is 5.84 Å². The number of unbranched alkanes of at least 4 members (excludes halogenated alkanes) is 2. The number of aromatic nitrogens is 2. The summed E-state index contributed by atoms with van der Waals surface area (Å²) in [7, 11) is 0. The van der Waals surface area contributed by atoms with Gasteiger partial charge in [-0.2, -0.15) is 10.5 Å². The molecule has 7 N–H and O–H groups in total. The maximum atomic E-state index is 11.4. The van der Waals surface area contributed by atoms with Crippen molar-refractivity contribution in [1.82, 2.24) is 15.7 Å². The Morgan fingerprint density at radius 1 is 1.39 bits per heavy atom. The van der Waals surface area contributed by atoms with Crippen molar-refractivity contribution < 1.29 is 19.6 Å². The molecule has 9 nitrogen and oxygen atoms in total. The fourth-order valence-corrected chi connectivity index (χ4v) is 1.22. The van der Waals surface area contributed by atoms with E-state index >= 15 is 0 Å². The number of anilines is 1. The fourth-order valence-electron chi connectivity index (χ4n) is 1.22. The minimum absolute atomic E-state index is 0.0391. The van der Waals surface area contributed by atoms with Crippen molar-refractivity contribution in [2.75, 3.05) is 12.3 Å². The van der Waals surface area contributed by atoms with Gasteiger partial charge in [0, 0.05) is 13.0 Å². The zero-order chi connectivity index (χ0) is 13.4. The number of aliphatic hydroxyl groups is 1. The standard InChI is InChI=1S/C9H16N6O3/c10-8(7-9(11)15-18-14-7)13-12-6(17)4-2-1-3-5-16/h16H,1-5H2,(H2,10,13)(H2,11,15)(H,12,17)/p+1. The van der Waals surface area contributed by atoms with Gasteiger partial charge in [-0.3, -0.25) is 10.5 Å². The first-order valence-electron chi connectivity index (χ1n) is 5.51. The predicted molar refractivity (Wildman–Crippen MR) is 61.7 cm³/mol. The minimum Gasteiger partial charge on any atom is -0.396 e. The van der Waals surface area contributed by atoms with Crippen molar-refractivity contribution in [1.29, 1.82) is 0 Å². The van der Waals surface area contributed by atoms with E-state index in [1.54, 1.807) is 0 Å². The molecule has 0 saturated heterocycles. The summed E-state index contributed by atoms with van der Waals surface area (Å²) in [5, 5.41) is 17.9. The Balaban J connectivity index is 2.35. The van der Waals surface area contributed by atoms with Crippen LogP contribution < -0.4 is 22.0 Å². The van der Waals surface area contributed by atoms with Crippen LogP contribution >= 0.6 is 0 Å². The van der Waals surface area contributed by atoms with Crippen molar-refractivity contribution in [3.63, 3.8) is 0 Å². The highest BCUT2D eigenvalue weighted by atomic mass is 16.6. The number of nitrogens with one attached hydrogen (secondary N) is 2. The number of hydrogen-bond acceptors (Lipinski definition) is 6. The Kier molecular flexibility index (Phi) is 5.58. The Bertz CT molecular complexity index is 416. The lowest BCUT2D eigenvalue weighted by Crippen LogP contribution is -2.86. The fraction of sp³-hybridized carbons (Fsp3) is 0.556. The van der Waals surface area contributed by atoms with Gasteiger partial charge in [0.05, 0.1) is 0 Å². The van der Waals surface area contributed by atoms with Gasteiger partial charge in [-0.25, -0.2) is 4.63 Å². The lowest BCUT2D eigenvalue weighted by molar-refractivity contribution is -0.511. The SMILES string of the molecule is NC(=[NH+]NC(=O)CCCCCO)c1nonc1N. The summed E-state index contributed by atoms with van der Waals surface area (Å²) in [4.78, 5) is 11.4. The minimum atomic E-state index is -0.217.